The number of anilines is 1. The third-order valence-corrected chi connectivity index (χ3v) is 3.41. The molecule has 0 aliphatic rings. The lowest BCUT2D eigenvalue weighted by molar-refractivity contribution is -0.0429. The lowest BCUT2D eigenvalue weighted by Gasteiger charge is -2.14. The van der Waals surface area contributed by atoms with E-state index < -0.39 is 27.1 Å². The van der Waals surface area contributed by atoms with Crippen LogP contribution in [0.25, 0.3) is 0 Å². The van der Waals surface area contributed by atoms with E-state index in [1.165, 1.54) is 30.0 Å². The molecule has 0 saturated heterocycles. The standard InChI is InChI=1S/C11H13F3N2O4S/c1-20-7-6-15-10(17)8-4-2-3-5-9(8)16-21(18,19)11(12,13)14/h2-5,16H,6-7H2,1H3,(H,15,17). The van der Waals surface area contributed by atoms with Crippen LogP contribution < -0.4 is 10.0 Å². The molecule has 1 aromatic carbocycles. The van der Waals surface area contributed by atoms with Gasteiger partial charge in [-0.1, -0.05) is 12.1 Å². The van der Waals surface area contributed by atoms with Gasteiger partial charge in [0.2, 0.25) is 0 Å². The molecule has 0 heterocycles. The van der Waals surface area contributed by atoms with Gasteiger partial charge in [-0.3, -0.25) is 9.52 Å². The van der Waals surface area contributed by atoms with Gasteiger partial charge >= 0.3 is 15.5 Å². The Labute approximate surface area is 119 Å². The van der Waals surface area contributed by atoms with Crippen LogP contribution in [0.15, 0.2) is 24.3 Å². The molecule has 21 heavy (non-hydrogen) atoms. The van der Waals surface area contributed by atoms with E-state index in [0.717, 1.165) is 6.07 Å². The second-order valence-corrected chi connectivity index (χ2v) is 5.52. The van der Waals surface area contributed by atoms with Crippen molar-refractivity contribution in [1.29, 1.82) is 0 Å². The van der Waals surface area contributed by atoms with E-state index in [-0.39, 0.29) is 18.7 Å². The maximum atomic E-state index is 12.3. The quantitative estimate of drug-likeness (QED) is 0.772. The molecule has 6 nitrogen and oxygen atoms in total. The van der Waals surface area contributed by atoms with Crippen molar-refractivity contribution >= 4 is 21.6 Å². The topological polar surface area (TPSA) is 84.5 Å². The van der Waals surface area contributed by atoms with Gasteiger partial charge in [0, 0.05) is 13.7 Å². The van der Waals surface area contributed by atoms with Gasteiger partial charge in [0.1, 0.15) is 0 Å². The fourth-order valence-corrected chi connectivity index (χ4v) is 1.92. The third kappa shape index (κ3) is 4.60. The first-order valence-corrected chi connectivity index (χ1v) is 7.12. The molecule has 118 valence electrons. The highest BCUT2D eigenvalue weighted by molar-refractivity contribution is 7.93. The van der Waals surface area contributed by atoms with Crippen LogP contribution in [0.2, 0.25) is 0 Å². The lowest BCUT2D eigenvalue weighted by Crippen LogP contribution is -2.32. The molecule has 0 aliphatic carbocycles. The fraction of sp³-hybridized carbons (Fsp3) is 0.364. The Morgan fingerprint density at radius 3 is 2.48 bits per heavy atom. The van der Waals surface area contributed by atoms with Gasteiger partial charge in [-0.15, -0.1) is 0 Å². The first kappa shape index (κ1) is 17.2. The summed E-state index contributed by atoms with van der Waals surface area (Å²) in [4.78, 5) is 11.8. The van der Waals surface area contributed by atoms with Gasteiger partial charge in [-0.2, -0.15) is 21.6 Å². The molecule has 0 aliphatic heterocycles. The van der Waals surface area contributed by atoms with Gasteiger partial charge in [-0.05, 0) is 12.1 Å². The average Bonchev–Trinajstić information content (AvgIpc) is 2.37. The maximum absolute atomic E-state index is 12.3. The van der Waals surface area contributed by atoms with Crippen molar-refractivity contribution in [2.24, 2.45) is 0 Å². The molecule has 2 N–H and O–H groups in total. The van der Waals surface area contributed by atoms with Crippen molar-refractivity contribution < 1.29 is 31.1 Å². The number of ether oxygens (including phenoxy) is 1. The first-order valence-electron chi connectivity index (χ1n) is 5.64. The zero-order valence-corrected chi connectivity index (χ0v) is 11.7. The number of methoxy groups -OCH3 is 1. The minimum Gasteiger partial charge on any atom is -0.383 e. The summed E-state index contributed by atoms with van der Waals surface area (Å²) >= 11 is 0. The Hall–Kier alpha value is -1.81. The molecule has 0 bridgehead atoms. The number of carbonyl (C=O) groups is 1. The first-order chi connectivity index (χ1) is 9.69. The predicted molar refractivity (Wildman–Crippen MR) is 69.2 cm³/mol. The molecule has 0 saturated carbocycles. The highest BCUT2D eigenvalue weighted by Gasteiger charge is 2.46. The number of benzene rings is 1. The number of nitrogens with one attached hydrogen (secondary N) is 2. The van der Waals surface area contributed by atoms with E-state index in [9.17, 15) is 26.4 Å². The van der Waals surface area contributed by atoms with Crippen LogP contribution in [0.1, 0.15) is 10.4 Å². The van der Waals surface area contributed by atoms with E-state index in [1.54, 1.807) is 0 Å². The molecule has 1 amide bonds. The largest absolute Gasteiger partial charge is 0.516 e. The summed E-state index contributed by atoms with van der Waals surface area (Å²) in [5, 5.41) is 2.38. The maximum Gasteiger partial charge on any atom is 0.516 e. The molecule has 0 aromatic heterocycles. The molecular formula is C11H13F3N2O4S. The van der Waals surface area contributed by atoms with Crippen LogP contribution in [-0.2, 0) is 14.8 Å². The highest BCUT2D eigenvalue weighted by Crippen LogP contribution is 2.26. The summed E-state index contributed by atoms with van der Waals surface area (Å²) in [6.07, 6.45) is 0. The van der Waals surface area contributed by atoms with Gasteiger partial charge in [0.15, 0.2) is 0 Å². The summed E-state index contributed by atoms with van der Waals surface area (Å²) in [6, 6.07) is 4.97. The zero-order valence-electron chi connectivity index (χ0n) is 10.9. The Kier molecular flexibility index (Phi) is 5.55. The molecule has 10 heteroatoms. The zero-order chi connectivity index (χ0) is 16.1. The minimum absolute atomic E-state index is 0.135. The Morgan fingerprint density at radius 1 is 1.29 bits per heavy atom. The number of hydrogen-bond donors (Lipinski definition) is 2. The van der Waals surface area contributed by atoms with Crippen LogP contribution >= 0.6 is 0 Å². The van der Waals surface area contributed by atoms with E-state index >= 15 is 0 Å². The summed E-state index contributed by atoms with van der Waals surface area (Å²) < 4.78 is 65.2. The van der Waals surface area contributed by atoms with Crippen molar-refractivity contribution in [3.05, 3.63) is 29.8 Å². The van der Waals surface area contributed by atoms with E-state index in [1.807, 2.05) is 0 Å². The van der Waals surface area contributed by atoms with Crippen molar-refractivity contribution in [2.75, 3.05) is 25.0 Å². The van der Waals surface area contributed by atoms with E-state index in [2.05, 4.69) is 5.32 Å². The van der Waals surface area contributed by atoms with Gasteiger partial charge in [0.05, 0.1) is 17.9 Å². The minimum atomic E-state index is -5.59. The van der Waals surface area contributed by atoms with Crippen LogP contribution in [0.3, 0.4) is 0 Å². The van der Waals surface area contributed by atoms with Gasteiger partial charge < -0.3 is 10.1 Å². The highest BCUT2D eigenvalue weighted by atomic mass is 32.2. The summed E-state index contributed by atoms with van der Waals surface area (Å²) in [6.45, 7) is 0.345. The number of sulfonamides is 1. The number of amides is 1. The smallest absolute Gasteiger partial charge is 0.383 e. The number of rotatable bonds is 6. The van der Waals surface area contributed by atoms with E-state index in [0.29, 0.717) is 0 Å². The fourth-order valence-electron chi connectivity index (χ4n) is 1.33. The molecule has 1 rings (SSSR count). The van der Waals surface area contributed by atoms with Gasteiger partial charge in [-0.25, -0.2) is 0 Å². The van der Waals surface area contributed by atoms with Crippen LogP contribution in [0.5, 0.6) is 0 Å². The van der Waals surface area contributed by atoms with Crippen molar-refractivity contribution in [3.8, 4) is 0 Å². The molecule has 0 spiro atoms. The second kappa shape index (κ2) is 6.76. The number of hydrogen-bond acceptors (Lipinski definition) is 4. The summed E-state index contributed by atoms with van der Waals surface area (Å²) in [5.41, 5.74) is -6.14. The van der Waals surface area contributed by atoms with Crippen molar-refractivity contribution in [2.45, 2.75) is 5.51 Å². The number of alkyl halides is 3. The average molecular weight is 326 g/mol. The monoisotopic (exact) mass is 326 g/mol. The molecule has 0 atom stereocenters. The summed E-state index contributed by atoms with van der Waals surface area (Å²) in [5.74, 6) is -0.715. The normalized spacial score (nSPS) is 12.0. The molecular weight excluding hydrogens is 313 g/mol. The SMILES string of the molecule is COCCNC(=O)c1ccccc1NS(=O)(=O)C(F)(F)F. The molecule has 0 fully saturated rings. The Balaban J connectivity index is 2.98. The number of para-hydroxylation sites is 1. The van der Waals surface area contributed by atoms with Gasteiger partial charge in [0.25, 0.3) is 5.91 Å². The van der Waals surface area contributed by atoms with Crippen LogP contribution in [0.4, 0.5) is 18.9 Å². The number of halogens is 3. The Morgan fingerprint density at radius 2 is 1.90 bits per heavy atom. The number of carbonyl (C=O) groups excluding carboxylic acids is 1. The molecule has 0 unspecified atom stereocenters. The lowest BCUT2D eigenvalue weighted by atomic mass is 10.2. The van der Waals surface area contributed by atoms with Crippen molar-refractivity contribution in [3.63, 3.8) is 0 Å². The van der Waals surface area contributed by atoms with Crippen LogP contribution in [0, 0.1) is 0 Å². The second-order valence-electron chi connectivity index (χ2n) is 3.85. The molecule has 0 radical (unpaired) electrons. The van der Waals surface area contributed by atoms with Crippen molar-refractivity contribution in [1.82, 2.24) is 5.32 Å². The molecule has 1 aromatic rings. The van der Waals surface area contributed by atoms with Crippen LogP contribution in [-0.4, -0.2) is 40.1 Å². The Bertz CT molecular complexity index is 602. The predicted octanol–water partition coefficient (Wildman–Crippen LogP) is 1.32. The third-order valence-electron chi connectivity index (χ3n) is 2.31. The van der Waals surface area contributed by atoms with E-state index in [4.69, 9.17) is 4.74 Å². The summed E-state index contributed by atoms with van der Waals surface area (Å²) in [7, 11) is -4.17.